The smallest absolute Gasteiger partial charge is 0.274 e. The number of aromatic amines is 1. The molecule has 24 heavy (non-hydrogen) atoms. The number of aromatic nitrogens is 3. The van der Waals surface area contributed by atoms with Gasteiger partial charge in [0.05, 0.1) is 24.6 Å². The van der Waals surface area contributed by atoms with Crippen molar-refractivity contribution in [3.05, 3.63) is 40.3 Å². The summed E-state index contributed by atoms with van der Waals surface area (Å²) in [6.45, 7) is 8.91. The fraction of sp³-hybridized carbons (Fsp3) is 0.471. The molecule has 2 N–H and O–H groups in total. The molecule has 0 radical (unpaired) electrons. The zero-order valence-electron chi connectivity index (χ0n) is 14.3. The van der Waals surface area contributed by atoms with Crippen LogP contribution in [0.4, 0.5) is 17.3 Å². The number of rotatable bonds is 3. The summed E-state index contributed by atoms with van der Waals surface area (Å²) in [4.78, 5) is 17.3. The standard InChI is InChI=1S/C17H23N5O2/c1-17(2,3)14-15(23)19-16(21-20-14)18-12-6-4-5-7-13(12)22-8-10-24-11-9-22/h4-7H,8-11H2,1-3H3,(H2,18,19,21,23). The summed E-state index contributed by atoms with van der Waals surface area (Å²) in [6.07, 6.45) is 0. The number of ether oxygens (including phenoxy) is 1. The molecule has 2 aromatic rings. The van der Waals surface area contributed by atoms with Gasteiger partial charge in [-0.25, -0.2) is 0 Å². The Kier molecular flexibility index (Phi) is 4.53. The molecule has 0 bridgehead atoms. The Morgan fingerprint density at radius 2 is 1.88 bits per heavy atom. The van der Waals surface area contributed by atoms with Crippen LogP contribution in [0.5, 0.6) is 0 Å². The first kappa shape index (κ1) is 16.4. The number of para-hydroxylation sites is 2. The highest BCUT2D eigenvalue weighted by atomic mass is 16.5. The molecule has 0 amide bonds. The Morgan fingerprint density at radius 1 is 1.17 bits per heavy atom. The van der Waals surface area contributed by atoms with Gasteiger partial charge in [-0.3, -0.25) is 9.78 Å². The Labute approximate surface area is 141 Å². The Hall–Kier alpha value is -2.41. The predicted molar refractivity (Wildman–Crippen MR) is 94.1 cm³/mol. The summed E-state index contributed by atoms with van der Waals surface area (Å²) in [7, 11) is 0. The molecule has 1 aromatic carbocycles. The maximum atomic E-state index is 12.2. The van der Waals surface area contributed by atoms with Gasteiger partial charge in [-0.2, -0.15) is 0 Å². The molecule has 0 spiro atoms. The van der Waals surface area contributed by atoms with E-state index in [9.17, 15) is 4.79 Å². The van der Waals surface area contributed by atoms with Crippen molar-refractivity contribution in [1.82, 2.24) is 15.2 Å². The second-order valence-corrected chi connectivity index (χ2v) is 6.84. The van der Waals surface area contributed by atoms with E-state index in [4.69, 9.17) is 4.74 Å². The number of nitrogens with one attached hydrogen (secondary N) is 2. The molecule has 0 saturated carbocycles. The number of nitrogens with zero attached hydrogens (tertiary/aromatic N) is 3. The van der Waals surface area contributed by atoms with Crippen molar-refractivity contribution in [2.75, 3.05) is 36.5 Å². The van der Waals surface area contributed by atoms with E-state index in [1.165, 1.54) is 0 Å². The number of benzene rings is 1. The van der Waals surface area contributed by atoms with Crippen molar-refractivity contribution in [2.24, 2.45) is 0 Å². The first-order chi connectivity index (χ1) is 11.4. The predicted octanol–water partition coefficient (Wildman–Crippen LogP) is 2.04. The topological polar surface area (TPSA) is 83.1 Å². The third-order valence-corrected chi connectivity index (χ3v) is 3.92. The molecular weight excluding hydrogens is 306 g/mol. The van der Waals surface area contributed by atoms with Crippen LogP contribution in [0.3, 0.4) is 0 Å². The second kappa shape index (κ2) is 6.60. The molecule has 1 fully saturated rings. The van der Waals surface area contributed by atoms with Crippen LogP contribution in [0, 0.1) is 0 Å². The van der Waals surface area contributed by atoms with Crippen LogP contribution in [-0.4, -0.2) is 41.5 Å². The van der Waals surface area contributed by atoms with Gasteiger partial charge in [0.15, 0.2) is 0 Å². The van der Waals surface area contributed by atoms with Crippen molar-refractivity contribution in [2.45, 2.75) is 26.2 Å². The van der Waals surface area contributed by atoms with Gasteiger partial charge in [-0.15, -0.1) is 10.2 Å². The summed E-state index contributed by atoms with van der Waals surface area (Å²) in [5.41, 5.74) is 1.81. The van der Waals surface area contributed by atoms with Crippen LogP contribution in [0.2, 0.25) is 0 Å². The average Bonchev–Trinajstić information content (AvgIpc) is 2.55. The average molecular weight is 329 g/mol. The Balaban J connectivity index is 1.87. The van der Waals surface area contributed by atoms with Gasteiger partial charge < -0.3 is 15.0 Å². The summed E-state index contributed by atoms with van der Waals surface area (Å²) in [6, 6.07) is 7.94. The molecule has 2 heterocycles. The summed E-state index contributed by atoms with van der Waals surface area (Å²) >= 11 is 0. The van der Waals surface area contributed by atoms with E-state index >= 15 is 0 Å². The molecule has 1 aliphatic rings. The largest absolute Gasteiger partial charge is 0.378 e. The number of H-pyrrole nitrogens is 1. The highest BCUT2D eigenvalue weighted by Crippen LogP contribution is 2.28. The molecule has 0 aliphatic carbocycles. The SMILES string of the molecule is CC(C)(C)c1nnc(Nc2ccccc2N2CCOCC2)[nH]c1=O. The number of hydrogen-bond acceptors (Lipinski definition) is 6. The fourth-order valence-corrected chi connectivity index (χ4v) is 2.67. The van der Waals surface area contributed by atoms with E-state index in [2.05, 4.69) is 25.4 Å². The lowest BCUT2D eigenvalue weighted by Gasteiger charge is -2.30. The highest BCUT2D eigenvalue weighted by molar-refractivity contribution is 5.73. The normalized spacial score (nSPS) is 15.4. The lowest BCUT2D eigenvalue weighted by atomic mass is 9.93. The number of morpholine rings is 1. The fourth-order valence-electron chi connectivity index (χ4n) is 2.67. The molecule has 128 valence electrons. The minimum absolute atomic E-state index is 0.219. The van der Waals surface area contributed by atoms with Crippen molar-refractivity contribution in [3.63, 3.8) is 0 Å². The van der Waals surface area contributed by atoms with Crippen LogP contribution in [-0.2, 0) is 10.2 Å². The van der Waals surface area contributed by atoms with Crippen molar-refractivity contribution in [1.29, 1.82) is 0 Å². The van der Waals surface area contributed by atoms with E-state index in [1.807, 2.05) is 45.0 Å². The van der Waals surface area contributed by atoms with Crippen LogP contribution in [0.1, 0.15) is 26.5 Å². The highest BCUT2D eigenvalue weighted by Gasteiger charge is 2.21. The second-order valence-electron chi connectivity index (χ2n) is 6.84. The van der Waals surface area contributed by atoms with E-state index in [0.29, 0.717) is 24.9 Å². The van der Waals surface area contributed by atoms with E-state index in [1.54, 1.807) is 0 Å². The van der Waals surface area contributed by atoms with Gasteiger partial charge in [0.25, 0.3) is 5.56 Å². The molecule has 3 rings (SSSR count). The first-order valence-corrected chi connectivity index (χ1v) is 8.11. The molecule has 1 saturated heterocycles. The first-order valence-electron chi connectivity index (χ1n) is 8.11. The minimum atomic E-state index is -0.342. The van der Waals surface area contributed by atoms with Crippen molar-refractivity contribution in [3.8, 4) is 0 Å². The van der Waals surface area contributed by atoms with Crippen LogP contribution < -0.4 is 15.8 Å². The third kappa shape index (κ3) is 3.56. The van der Waals surface area contributed by atoms with Crippen molar-refractivity contribution >= 4 is 17.3 Å². The maximum absolute atomic E-state index is 12.2. The Morgan fingerprint density at radius 3 is 2.54 bits per heavy atom. The summed E-state index contributed by atoms with van der Waals surface area (Å²) in [5.74, 6) is 0.341. The monoisotopic (exact) mass is 329 g/mol. The van der Waals surface area contributed by atoms with Crippen molar-refractivity contribution < 1.29 is 4.74 Å². The lowest BCUT2D eigenvalue weighted by Crippen LogP contribution is -2.36. The molecule has 0 unspecified atom stereocenters. The summed E-state index contributed by atoms with van der Waals surface area (Å²) in [5, 5.41) is 11.4. The van der Waals surface area contributed by atoms with Gasteiger partial charge >= 0.3 is 0 Å². The molecular formula is C17H23N5O2. The maximum Gasteiger partial charge on any atom is 0.274 e. The molecule has 1 aromatic heterocycles. The number of anilines is 3. The molecule has 0 atom stereocenters. The minimum Gasteiger partial charge on any atom is -0.378 e. The lowest BCUT2D eigenvalue weighted by molar-refractivity contribution is 0.123. The Bertz CT molecular complexity index is 760. The quantitative estimate of drug-likeness (QED) is 0.897. The zero-order valence-corrected chi connectivity index (χ0v) is 14.3. The van der Waals surface area contributed by atoms with Gasteiger partial charge in [0, 0.05) is 18.5 Å². The van der Waals surface area contributed by atoms with Gasteiger partial charge in [0.2, 0.25) is 5.95 Å². The molecule has 1 aliphatic heterocycles. The van der Waals surface area contributed by atoms with Crippen LogP contribution >= 0.6 is 0 Å². The third-order valence-electron chi connectivity index (χ3n) is 3.92. The summed E-state index contributed by atoms with van der Waals surface area (Å²) < 4.78 is 5.41. The van der Waals surface area contributed by atoms with E-state index in [-0.39, 0.29) is 11.0 Å². The van der Waals surface area contributed by atoms with Crippen LogP contribution in [0.15, 0.2) is 29.1 Å². The van der Waals surface area contributed by atoms with Crippen LogP contribution in [0.25, 0.3) is 0 Å². The van der Waals surface area contributed by atoms with Gasteiger partial charge in [0.1, 0.15) is 5.69 Å². The van der Waals surface area contributed by atoms with E-state index < -0.39 is 0 Å². The van der Waals surface area contributed by atoms with Gasteiger partial charge in [-0.1, -0.05) is 32.9 Å². The zero-order chi connectivity index (χ0) is 17.2. The number of hydrogen-bond donors (Lipinski definition) is 2. The molecule has 7 heteroatoms. The van der Waals surface area contributed by atoms with E-state index in [0.717, 1.165) is 24.5 Å². The molecule has 7 nitrogen and oxygen atoms in total. The van der Waals surface area contributed by atoms with Gasteiger partial charge in [-0.05, 0) is 12.1 Å².